The molecule has 0 aliphatic heterocycles. The standard InChI is InChI=1S/C17H20O2/c1-13-7-5-10-15(14-8-3-2-4-9-14)17(13)16(19)11-6-12-18/h2-5,7-10,16,18-19H,6,11-12H2,1H3. The normalized spacial score (nSPS) is 12.4. The Morgan fingerprint density at radius 3 is 2.42 bits per heavy atom. The summed E-state index contributed by atoms with van der Waals surface area (Å²) < 4.78 is 0. The predicted octanol–water partition coefficient (Wildman–Crippen LogP) is 3.47. The highest BCUT2D eigenvalue weighted by Crippen LogP contribution is 2.32. The molecular weight excluding hydrogens is 236 g/mol. The molecule has 0 saturated heterocycles. The number of aliphatic hydroxyl groups excluding tert-OH is 2. The van der Waals surface area contributed by atoms with E-state index in [0.717, 1.165) is 22.3 Å². The molecule has 0 heterocycles. The molecule has 0 saturated carbocycles. The Balaban J connectivity index is 2.42. The van der Waals surface area contributed by atoms with Crippen molar-refractivity contribution in [2.24, 2.45) is 0 Å². The van der Waals surface area contributed by atoms with Gasteiger partial charge in [0.1, 0.15) is 0 Å². The second-order valence-corrected chi connectivity index (χ2v) is 4.78. The lowest BCUT2D eigenvalue weighted by Gasteiger charge is -2.18. The molecule has 2 heteroatoms. The van der Waals surface area contributed by atoms with Gasteiger partial charge in [-0.3, -0.25) is 0 Å². The Morgan fingerprint density at radius 2 is 1.74 bits per heavy atom. The van der Waals surface area contributed by atoms with Crippen LogP contribution < -0.4 is 0 Å². The molecule has 0 aliphatic carbocycles. The molecule has 19 heavy (non-hydrogen) atoms. The molecule has 1 atom stereocenters. The van der Waals surface area contributed by atoms with Crippen molar-refractivity contribution in [3.8, 4) is 11.1 Å². The Kier molecular flexibility index (Phi) is 4.72. The third-order valence-electron chi connectivity index (χ3n) is 3.38. The van der Waals surface area contributed by atoms with Gasteiger partial charge in [-0.15, -0.1) is 0 Å². The van der Waals surface area contributed by atoms with Crippen molar-refractivity contribution in [3.05, 3.63) is 59.7 Å². The molecular formula is C17H20O2. The van der Waals surface area contributed by atoms with E-state index >= 15 is 0 Å². The highest BCUT2D eigenvalue weighted by Gasteiger charge is 2.15. The summed E-state index contributed by atoms with van der Waals surface area (Å²) in [5.41, 5.74) is 4.25. The van der Waals surface area contributed by atoms with Crippen molar-refractivity contribution in [1.82, 2.24) is 0 Å². The van der Waals surface area contributed by atoms with Gasteiger partial charge in [0.15, 0.2) is 0 Å². The van der Waals surface area contributed by atoms with Crippen LogP contribution in [-0.2, 0) is 0 Å². The van der Waals surface area contributed by atoms with Gasteiger partial charge < -0.3 is 10.2 Å². The molecule has 0 spiro atoms. The van der Waals surface area contributed by atoms with Crippen LogP contribution in [0.5, 0.6) is 0 Å². The summed E-state index contributed by atoms with van der Waals surface area (Å²) >= 11 is 0. The maximum atomic E-state index is 10.4. The largest absolute Gasteiger partial charge is 0.396 e. The molecule has 0 aliphatic rings. The molecule has 0 radical (unpaired) electrons. The first-order valence-corrected chi connectivity index (χ1v) is 6.68. The average molecular weight is 256 g/mol. The lowest BCUT2D eigenvalue weighted by molar-refractivity contribution is 0.151. The molecule has 0 bridgehead atoms. The average Bonchev–Trinajstić information content (AvgIpc) is 2.45. The highest BCUT2D eigenvalue weighted by atomic mass is 16.3. The number of aryl methyl sites for hydroxylation is 1. The highest BCUT2D eigenvalue weighted by molar-refractivity contribution is 5.69. The van der Waals surface area contributed by atoms with Crippen LogP contribution in [0.2, 0.25) is 0 Å². The van der Waals surface area contributed by atoms with E-state index in [0.29, 0.717) is 12.8 Å². The first-order valence-electron chi connectivity index (χ1n) is 6.68. The van der Waals surface area contributed by atoms with Crippen molar-refractivity contribution < 1.29 is 10.2 Å². The van der Waals surface area contributed by atoms with Gasteiger partial charge in [0.05, 0.1) is 6.10 Å². The summed E-state index contributed by atoms with van der Waals surface area (Å²) in [5.74, 6) is 0. The molecule has 2 aromatic rings. The number of hydrogen-bond donors (Lipinski definition) is 2. The monoisotopic (exact) mass is 256 g/mol. The fourth-order valence-electron chi connectivity index (χ4n) is 2.42. The molecule has 0 amide bonds. The van der Waals surface area contributed by atoms with Crippen LogP contribution in [0.4, 0.5) is 0 Å². The zero-order valence-corrected chi connectivity index (χ0v) is 11.2. The van der Waals surface area contributed by atoms with Crippen LogP contribution in [-0.4, -0.2) is 16.8 Å². The van der Waals surface area contributed by atoms with E-state index < -0.39 is 6.10 Å². The lowest BCUT2D eigenvalue weighted by atomic mass is 9.91. The first-order chi connectivity index (χ1) is 9.24. The predicted molar refractivity (Wildman–Crippen MR) is 77.9 cm³/mol. The van der Waals surface area contributed by atoms with Gasteiger partial charge in [0.25, 0.3) is 0 Å². The molecule has 0 fully saturated rings. The van der Waals surface area contributed by atoms with E-state index in [2.05, 4.69) is 12.1 Å². The summed E-state index contributed by atoms with van der Waals surface area (Å²) in [7, 11) is 0. The third kappa shape index (κ3) is 3.22. The summed E-state index contributed by atoms with van der Waals surface area (Å²) in [6, 6.07) is 16.2. The van der Waals surface area contributed by atoms with E-state index in [1.807, 2.05) is 43.3 Å². The van der Waals surface area contributed by atoms with Gasteiger partial charge in [0.2, 0.25) is 0 Å². The maximum Gasteiger partial charge on any atom is 0.0799 e. The Hall–Kier alpha value is -1.64. The van der Waals surface area contributed by atoms with Gasteiger partial charge >= 0.3 is 0 Å². The van der Waals surface area contributed by atoms with E-state index in [-0.39, 0.29) is 6.61 Å². The van der Waals surface area contributed by atoms with E-state index in [9.17, 15) is 5.11 Å². The number of benzene rings is 2. The lowest BCUT2D eigenvalue weighted by Crippen LogP contribution is -2.03. The van der Waals surface area contributed by atoms with Crippen LogP contribution in [0.15, 0.2) is 48.5 Å². The Morgan fingerprint density at radius 1 is 1.00 bits per heavy atom. The third-order valence-corrected chi connectivity index (χ3v) is 3.38. The van der Waals surface area contributed by atoms with Crippen molar-refractivity contribution in [3.63, 3.8) is 0 Å². The topological polar surface area (TPSA) is 40.5 Å². The van der Waals surface area contributed by atoms with Crippen molar-refractivity contribution in [1.29, 1.82) is 0 Å². The van der Waals surface area contributed by atoms with E-state index in [1.165, 1.54) is 0 Å². The molecule has 1 unspecified atom stereocenters. The number of hydrogen-bond acceptors (Lipinski definition) is 2. The number of aliphatic hydroxyl groups is 2. The van der Waals surface area contributed by atoms with Crippen molar-refractivity contribution in [2.45, 2.75) is 25.9 Å². The fourth-order valence-corrected chi connectivity index (χ4v) is 2.42. The van der Waals surface area contributed by atoms with E-state index in [1.54, 1.807) is 0 Å². The summed E-state index contributed by atoms with van der Waals surface area (Å²) in [6.07, 6.45) is 0.675. The zero-order chi connectivity index (χ0) is 13.7. The molecule has 2 nitrogen and oxygen atoms in total. The van der Waals surface area contributed by atoms with Crippen LogP contribution in [0.1, 0.15) is 30.1 Å². The summed E-state index contributed by atoms with van der Waals surface area (Å²) in [6.45, 7) is 2.13. The molecule has 100 valence electrons. The smallest absolute Gasteiger partial charge is 0.0799 e. The Labute approximate surface area is 114 Å². The quantitative estimate of drug-likeness (QED) is 0.860. The minimum absolute atomic E-state index is 0.115. The number of rotatable bonds is 5. The second-order valence-electron chi connectivity index (χ2n) is 4.78. The van der Waals surface area contributed by atoms with Crippen molar-refractivity contribution in [2.75, 3.05) is 6.61 Å². The van der Waals surface area contributed by atoms with Gasteiger partial charge in [-0.25, -0.2) is 0 Å². The van der Waals surface area contributed by atoms with Gasteiger partial charge in [0, 0.05) is 6.61 Å². The maximum absolute atomic E-state index is 10.4. The van der Waals surface area contributed by atoms with Crippen molar-refractivity contribution >= 4 is 0 Å². The minimum Gasteiger partial charge on any atom is -0.396 e. The second kappa shape index (κ2) is 6.50. The van der Waals surface area contributed by atoms with Crippen LogP contribution >= 0.6 is 0 Å². The van der Waals surface area contributed by atoms with Crippen LogP contribution in [0.25, 0.3) is 11.1 Å². The minimum atomic E-state index is -0.524. The molecule has 0 aromatic heterocycles. The summed E-state index contributed by atoms with van der Waals surface area (Å²) in [4.78, 5) is 0. The van der Waals surface area contributed by atoms with Gasteiger partial charge in [-0.1, -0.05) is 48.5 Å². The zero-order valence-electron chi connectivity index (χ0n) is 11.2. The Bertz CT molecular complexity index is 520. The first kappa shape index (κ1) is 13.8. The SMILES string of the molecule is Cc1cccc(-c2ccccc2)c1C(O)CCCO. The van der Waals surface area contributed by atoms with Crippen LogP contribution in [0.3, 0.4) is 0 Å². The molecule has 2 N–H and O–H groups in total. The fraction of sp³-hybridized carbons (Fsp3) is 0.294. The molecule has 2 rings (SSSR count). The van der Waals surface area contributed by atoms with Crippen LogP contribution in [0, 0.1) is 6.92 Å². The van der Waals surface area contributed by atoms with E-state index in [4.69, 9.17) is 5.11 Å². The van der Waals surface area contributed by atoms with Gasteiger partial charge in [-0.2, -0.15) is 0 Å². The molecule has 2 aromatic carbocycles. The van der Waals surface area contributed by atoms with Gasteiger partial charge in [-0.05, 0) is 42.0 Å². The summed E-state index contributed by atoms with van der Waals surface area (Å²) in [5, 5.41) is 19.3.